The Kier molecular flexibility index (Phi) is 6.50. The van der Waals surface area contributed by atoms with Crippen molar-refractivity contribution >= 4 is 23.5 Å². The van der Waals surface area contributed by atoms with Gasteiger partial charge in [0, 0.05) is 5.69 Å². The van der Waals surface area contributed by atoms with Gasteiger partial charge in [0.15, 0.2) is 6.10 Å². The lowest BCUT2D eigenvalue weighted by molar-refractivity contribution is -0.123. The summed E-state index contributed by atoms with van der Waals surface area (Å²) in [6, 6.07) is 3.12. The van der Waals surface area contributed by atoms with Gasteiger partial charge in [0.25, 0.3) is 5.91 Å². The number of anilines is 1. The van der Waals surface area contributed by atoms with Gasteiger partial charge in [-0.3, -0.25) is 4.79 Å². The predicted molar refractivity (Wildman–Crippen MR) is 96.1 cm³/mol. The van der Waals surface area contributed by atoms with Crippen LogP contribution in [0.3, 0.4) is 0 Å². The molecule has 1 heterocycles. The van der Waals surface area contributed by atoms with Crippen LogP contribution in [0.2, 0.25) is 0 Å². The molecule has 1 atom stereocenters. The van der Waals surface area contributed by atoms with Crippen LogP contribution in [0.25, 0.3) is 0 Å². The Morgan fingerprint density at radius 2 is 1.75 bits per heavy atom. The van der Waals surface area contributed by atoms with Crippen molar-refractivity contribution < 1.29 is 32.6 Å². The highest BCUT2D eigenvalue weighted by atomic mass is 19.1. The number of aromatic nitrogens is 1. The van der Waals surface area contributed by atoms with Crippen molar-refractivity contribution in [3.05, 3.63) is 52.3 Å². The van der Waals surface area contributed by atoms with Crippen molar-refractivity contribution in [2.75, 3.05) is 11.9 Å². The lowest BCUT2D eigenvalue weighted by Gasteiger charge is -2.14. The molecule has 0 saturated carbocycles. The predicted octanol–water partition coefficient (Wildman–Crippen LogP) is 3.27. The molecule has 2 N–H and O–H groups in total. The third-order valence-corrected chi connectivity index (χ3v) is 3.99. The van der Waals surface area contributed by atoms with Crippen LogP contribution < -0.4 is 5.32 Å². The van der Waals surface area contributed by atoms with Gasteiger partial charge < -0.3 is 19.8 Å². The van der Waals surface area contributed by atoms with Crippen LogP contribution in [0.5, 0.6) is 0 Å². The van der Waals surface area contributed by atoms with Crippen LogP contribution in [-0.4, -0.2) is 35.5 Å². The van der Waals surface area contributed by atoms with Crippen LogP contribution in [0.4, 0.5) is 14.5 Å². The third-order valence-electron chi connectivity index (χ3n) is 3.99. The molecular formula is C19H20F2N2O5. The van der Waals surface area contributed by atoms with Gasteiger partial charge in [0.1, 0.15) is 23.0 Å². The van der Waals surface area contributed by atoms with Crippen molar-refractivity contribution in [2.24, 2.45) is 0 Å². The molecule has 1 aromatic heterocycles. The number of carbonyl (C=O) groups is 3. The summed E-state index contributed by atoms with van der Waals surface area (Å²) >= 11 is 0. The molecule has 2 aromatic rings. The molecular weight excluding hydrogens is 374 g/mol. The third kappa shape index (κ3) is 4.36. The molecule has 0 aliphatic heterocycles. The quantitative estimate of drug-likeness (QED) is 0.733. The fourth-order valence-electron chi connectivity index (χ4n) is 2.58. The Balaban J connectivity index is 2.13. The fraction of sp³-hybridized carbons (Fsp3) is 0.316. The highest BCUT2D eigenvalue weighted by molar-refractivity contribution is 6.00. The number of para-hydroxylation sites is 1. The molecule has 0 aliphatic carbocycles. The van der Waals surface area contributed by atoms with Gasteiger partial charge >= 0.3 is 11.9 Å². The van der Waals surface area contributed by atoms with Crippen LogP contribution in [0, 0.1) is 25.5 Å². The van der Waals surface area contributed by atoms with Gasteiger partial charge in [-0.2, -0.15) is 0 Å². The maximum absolute atomic E-state index is 13.6. The summed E-state index contributed by atoms with van der Waals surface area (Å²) in [7, 11) is 0. The number of esters is 2. The number of hydrogen-bond donors (Lipinski definition) is 2. The Bertz CT molecular complexity index is 903. The maximum Gasteiger partial charge on any atom is 0.355 e. The number of H-pyrrole nitrogens is 1. The molecule has 0 bridgehead atoms. The number of benzene rings is 1. The van der Waals surface area contributed by atoms with Crippen LogP contribution in [0.1, 0.15) is 46.0 Å². The minimum atomic E-state index is -1.35. The summed E-state index contributed by atoms with van der Waals surface area (Å²) in [6.45, 7) is 6.21. The summed E-state index contributed by atoms with van der Waals surface area (Å²) in [4.78, 5) is 39.2. The zero-order valence-corrected chi connectivity index (χ0v) is 15.8. The zero-order chi connectivity index (χ0) is 21.0. The second kappa shape index (κ2) is 8.64. The minimum Gasteiger partial charge on any atom is -0.462 e. The molecule has 7 nitrogen and oxygen atoms in total. The first-order valence-corrected chi connectivity index (χ1v) is 8.49. The highest BCUT2D eigenvalue weighted by Crippen LogP contribution is 2.21. The first-order valence-electron chi connectivity index (χ1n) is 8.49. The highest BCUT2D eigenvalue weighted by Gasteiger charge is 2.27. The molecule has 28 heavy (non-hydrogen) atoms. The first-order chi connectivity index (χ1) is 13.2. The molecule has 1 amide bonds. The molecule has 0 aliphatic rings. The van der Waals surface area contributed by atoms with E-state index < -0.39 is 41.3 Å². The number of carbonyl (C=O) groups excluding carboxylic acids is 3. The number of rotatable bonds is 6. The summed E-state index contributed by atoms with van der Waals surface area (Å²) in [5.41, 5.74) is 0.283. The van der Waals surface area contributed by atoms with Crippen molar-refractivity contribution in [1.29, 1.82) is 0 Å². The van der Waals surface area contributed by atoms with Gasteiger partial charge in [-0.05, 0) is 45.4 Å². The van der Waals surface area contributed by atoms with E-state index in [1.165, 1.54) is 13.8 Å². The Hall–Kier alpha value is -3.23. The molecule has 2 rings (SSSR count). The maximum atomic E-state index is 13.6. The number of nitrogens with one attached hydrogen (secondary N) is 2. The van der Waals surface area contributed by atoms with Crippen molar-refractivity contribution in [1.82, 2.24) is 4.98 Å². The number of aromatic amines is 1. The molecule has 0 spiro atoms. The minimum absolute atomic E-state index is 0.0164. The smallest absolute Gasteiger partial charge is 0.355 e. The number of amides is 1. The van der Waals surface area contributed by atoms with E-state index in [0.29, 0.717) is 11.3 Å². The molecule has 1 unspecified atom stereocenters. The van der Waals surface area contributed by atoms with E-state index >= 15 is 0 Å². The van der Waals surface area contributed by atoms with Gasteiger partial charge in [0.2, 0.25) is 0 Å². The zero-order valence-electron chi connectivity index (χ0n) is 15.8. The number of aryl methyl sites for hydroxylation is 1. The fourth-order valence-corrected chi connectivity index (χ4v) is 2.58. The summed E-state index contributed by atoms with van der Waals surface area (Å²) in [5.74, 6) is -4.31. The Morgan fingerprint density at radius 1 is 1.14 bits per heavy atom. The lowest BCUT2D eigenvalue weighted by Crippen LogP contribution is -2.31. The Morgan fingerprint density at radius 3 is 2.32 bits per heavy atom. The monoisotopic (exact) mass is 394 g/mol. The molecule has 0 saturated heterocycles. The van der Waals surface area contributed by atoms with E-state index in [2.05, 4.69) is 10.3 Å². The van der Waals surface area contributed by atoms with E-state index in [9.17, 15) is 23.2 Å². The van der Waals surface area contributed by atoms with Gasteiger partial charge in [0.05, 0.1) is 12.2 Å². The summed E-state index contributed by atoms with van der Waals surface area (Å²) in [6.07, 6.45) is -1.35. The van der Waals surface area contributed by atoms with Crippen LogP contribution in [-0.2, 0) is 14.3 Å². The number of hydrogen-bond acceptors (Lipinski definition) is 5. The Labute approximate surface area is 160 Å². The van der Waals surface area contributed by atoms with Gasteiger partial charge in [-0.25, -0.2) is 18.4 Å². The largest absolute Gasteiger partial charge is 0.462 e. The molecule has 150 valence electrons. The van der Waals surface area contributed by atoms with E-state index in [0.717, 1.165) is 18.2 Å². The van der Waals surface area contributed by atoms with Crippen LogP contribution >= 0.6 is 0 Å². The van der Waals surface area contributed by atoms with Crippen molar-refractivity contribution in [3.8, 4) is 0 Å². The molecule has 0 fully saturated rings. The van der Waals surface area contributed by atoms with E-state index in [-0.39, 0.29) is 17.9 Å². The summed E-state index contributed by atoms with van der Waals surface area (Å²) in [5, 5.41) is 2.05. The lowest BCUT2D eigenvalue weighted by atomic mass is 10.1. The van der Waals surface area contributed by atoms with E-state index in [4.69, 9.17) is 9.47 Å². The van der Waals surface area contributed by atoms with Crippen LogP contribution in [0.15, 0.2) is 18.2 Å². The van der Waals surface area contributed by atoms with E-state index in [1.807, 2.05) is 0 Å². The van der Waals surface area contributed by atoms with Crippen molar-refractivity contribution in [3.63, 3.8) is 0 Å². The number of halogens is 2. The summed E-state index contributed by atoms with van der Waals surface area (Å²) < 4.78 is 37.3. The SMILES string of the molecule is CCOC(=O)c1c(C)[nH]c(C(=O)OC(C)C(=O)Nc2c(F)cccc2F)c1C. The average Bonchev–Trinajstić information content (AvgIpc) is 2.92. The standard InChI is InChI=1S/C19H20F2N2O5/c1-5-27-18(25)14-9(2)15(22-10(14)3)19(26)28-11(4)17(24)23-16-12(20)7-6-8-13(16)21/h6-8,11,22H,5H2,1-4H3,(H,23,24). The van der Waals surface area contributed by atoms with Gasteiger partial charge in [-0.15, -0.1) is 0 Å². The topological polar surface area (TPSA) is 97.5 Å². The molecule has 1 aromatic carbocycles. The average molecular weight is 394 g/mol. The first kappa shape index (κ1) is 21.1. The normalized spacial score (nSPS) is 11.6. The second-order valence-electron chi connectivity index (χ2n) is 5.98. The van der Waals surface area contributed by atoms with Gasteiger partial charge in [-0.1, -0.05) is 6.07 Å². The van der Waals surface area contributed by atoms with Crippen molar-refractivity contribution in [2.45, 2.75) is 33.8 Å². The number of ether oxygens (including phenoxy) is 2. The second-order valence-corrected chi connectivity index (χ2v) is 5.98. The van der Waals surface area contributed by atoms with E-state index in [1.54, 1.807) is 13.8 Å². The molecule has 0 radical (unpaired) electrons. The molecule has 9 heteroatoms.